The van der Waals surface area contributed by atoms with E-state index < -0.39 is 26.7 Å². The minimum absolute atomic E-state index is 0.111. The quantitative estimate of drug-likeness (QED) is 0.548. The van der Waals surface area contributed by atoms with E-state index in [1.807, 2.05) is 24.1 Å². The van der Waals surface area contributed by atoms with E-state index in [1.165, 1.54) is 18.2 Å². The highest BCUT2D eigenvalue weighted by Gasteiger charge is 2.42. The second-order valence-corrected chi connectivity index (χ2v) is 9.08. The fraction of sp³-hybridized carbons (Fsp3) is 0.143. The van der Waals surface area contributed by atoms with E-state index in [2.05, 4.69) is 4.72 Å². The molecule has 0 saturated carbocycles. The lowest BCUT2D eigenvalue weighted by molar-refractivity contribution is -0.139. The molecule has 0 fully saturated rings. The molecular weight excluding hydrogens is 437 g/mol. The average molecular weight is 453 g/mol. The standard InChI is InChI=1S/C21H16ClF3N2O2S/c1-27(15-8-6-14(22)7-9-15)12-13-5-10-18-17(11-13)16-3-2-4-19(30(28,29)26-18)20(16)21(23,24)25/h2-11,26H,12H2,1H3. The fourth-order valence-corrected chi connectivity index (χ4v) is 4.99. The Morgan fingerprint density at radius 1 is 1.00 bits per heavy atom. The van der Waals surface area contributed by atoms with E-state index in [1.54, 1.807) is 24.3 Å². The highest BCUT2D eigenvalue weighted by Crippen LogP contribution is 2.46. The first-order valence-electron chi connectivity index (χ1n) is 8.89. The molecule has 1 aliphatic heterocycles. The van der Waals surface area contributed by atoms with Crippen molar-refractivity contribution in [3.05, 3.63) is 76.8 Å². The molecule has 0 atom stereocenters. The van der Waals surface area contributed by atoms with E-state index in [4.69, 9.17) is 11.6 Å². The first kappa shape index (κ1) is 20.6. The van der Waals surface area contributed by atoms with Crippen LogP contribution in [-0.2, 0) is 22.7 Å². The van der Waals surface area contributed by atoms with Gasteiger partial charge in [0, 0.05) is 29.9 Å². The molecule has 1 heterocycles. The summed E-state index contributed by atoms with van der Waals surface area (Å²) in [4.78, 5) is 1.14. The predicted octanol–water partition coefficient (Wildman–Crippen LogP) is 5.78. The van der Waals surface area contributed by atoms with Gasteiger partial charge in [-0.15, -0.1) is 0 Å². The van der Waals surface area contributed by atoms with Gasteiger partial charge in [0.25, 0.3) is 10.0 Å². The van der Waals surface area contributed by atoms with Gasteiger partial charge >= 0.3 is 6.18 Å². The Hall–Kier alpha value is -2.71. The topological polar surface area (TPSA) is 49.4 Å². The van der Waals surface area contributed by atoms with E-state index in [9.17, 15) is 21.6 Å². The van der Waals surface area contributed by atoms with Crippen molar-refractivity contribution < 1.29 is 21.6 Å². The molecule has 3 aromatic rings. The predicted molar refractivity (Wildman–Crippen MR) is 111 cm³/mol. The third kappa shape index (κ3) is 3.73. The second kappa shape index (κ2) is 7.21. The average Bonchev–Trinajstić information content (AvgIpc) is 2.73. The summed E-state index contributed by atoms with van der Waals surface area (Å²) in [5.74, 6) is 0. The summed E-state index contributed by atoms with van der Waals surface area (Å²) in [6.45, 7) is 0.405. The van der Waals surface area contributed by atoms with Gasteiger partial charge in [-0.3, -0.25) is 4.72 Å². The van der Waals surface area contributed by atoms with Crippen LogP contribution >= 0.6 is 11.6 Å². The van der Waals surface area contributed by atoms with Crippen molar-refractivity contribution in [2.24, 2.45) is 0 Å². The molecule has 0 spiro atoms. The van der Waals surface area contributed by atoms with Crippen LogP contribution in [0.15, 0.2) is 65.6 Å². The zero-order valence-corrected chi connectivity index (χ0v) is 17.2. The molecule has 2 bridgehead atoms. The normalized spacial score (nSPS) is 14.4. The Labute approximate surface area is 177 Å². The molecule has 0 aliphatic carbocycles. The lowest BCUT2D eigenvalue weighted by atomic mass is 9.96. The van der Waals surface area contributed by atoms with E-state index in [0.717, 1.165) is 17.3 Å². The summed E-state index contributed by atoms with van der Waals surface area (Å²) in [6.07, 6.45) is -4.82. The summed E-state index contributed by atoms with van der Waals surface area (Å²) in [5.41, 5.74) is 0.588. The Kier molecular flexibility index (Phi) is 4.94. The Morgan fingerprint density at radius 2 is 1.70 bits per heavy atom. The molecule has 0 unspecified atom stereocenters. The molecule has 9 heteroatoms. The number of hydrogen-bond acceptors (Lipinski definition) is 3. The van der Waals surface area contributed by atoms with E-state index in [-0.39, 0.29) is 16.8 Å². The number of hydrogen-bond donors (Lipinski definition) is 1. The molecule has 3 aromatic carbocycles. The molecule has 156 valence electrons. The number of rotatable bonds is 3. The molecule has 0 amide bonds. The largest absolute Gasteiger partial charge is 0.418 e. The maximum Gasteiger partial charge on any atom is 0.418 e. The van der Waals surface area contributed by atoms with Gasteiger partial charge in [0.05, 0.1) is 11.3 Å². The van der Waals surface area contributed by atoms with Crippen molar-refractivity contribution in [2.75, 3.05) is 16.7 Å². The van der Waals surface area contributed by atoms with Crippen LogP contribution in [0.2, 0.25) is 5.02 Å². The van der Waals surface area contributed by atoms with Gasteiger partial charge in [-0.05, 0) is 53.6 Å². The van der Waals surface area contributed by atoms with Gasteiger partial charge in [0.1, 0.15) is 4.90 Å². The Bertz CT molecular complexity index is 1230. The molecular formula is C21H16ClF3N2O2S. The third-order valence-corrected chi connectivity index (χ3v) is 6.56. The highest BCUT2D eigenvalue weighted by molar-refractivity contribution is 7.92. The first-order chi connectivity index (χ1) is 14.1. The van der Waals surface area contributed by atoms with Crippen molar-refractivity contribution in [1.29, 1.82) is 0 Å². The smallest absolute Gasteiger partial charge is 0.370 e. The minimum atomic E-state index is -4.82. The van der Waals surface area contributed by atoms with Gasteiger partial charge in [0.2, 0.25) is 0 Å². The van der Waals surface area contributed by atoms with Crippen LogP contribution in [0.25, 0.3) is 11.1 Å². The summed E-state index contributed by atoms with van der Waals surface area (Å²) >= 11 is 5.91. The van der Waals surface area contributed by atoms with Crippen LogP contribution in [0.4, 0.5) is 24.5 Å². The number of anilines is 2. The highest BCUT2D eigenvalue weighted by atomic mass is 35.5. The van der Waals surface area contributed by atoms with Gasteiger partial charge in [0.15, 0.2) is 0 Å². The van der Waals surface area contributed by atoms with Crippen molar-refractivity contribution in [3.63, 3.8) is 0 Å². The van der Waals surface area contributed by atoms with Gasteiger partial charge in [-0.2, -0.15) is 13.2 Å². The van der Waals surface area contributed by atoms with Gasteiger partial charge in [-0.1, -0.05) is 29.8 Å². The second-order valence-electron chi connectivity index (χ2n) is 6.99. The number of fused-ring (bicyclic) bond motifs is 4. The van der Waals surface area contributed by atoms with Crippen molar-refractivity contribution in [1.82, 2.24) is 0 Å². The number of nitrogens with one attached hydrogen (secondary N) is 1. The maximum absolute atomic E-state index is 13.8. The zero-order valence-electron chi connectivity index (χ0n) is 15.7. The molecule has 4 nitrogen and oxygen atoms in total. The molecule has 0 radical (unpaired) electrons. The van der Waals surface area contributed by atoms with Gasteiger partial charge in [-0.25, -0.2) is 8.42 Å². The van der Waals surface area contributed by atoms with Crippen molar-refractivity contribution in [3.8, 4) is 11.1 Å². The Morgan fingerprint density at radius 3 is 2.37 bits per heavy atom. The molecule has 1 aliphatic rings. The molecule has 1 N–H and O–H groups in total. The number of nitrogens with zero attached hydrogens (tertiary/aromatic N) is 1. The van der Waals surface area contributed by atoms with Crippen LogP contribution in [0.1, 0.15) is 11.1 Å². The molecule has 4 rings (SSSR count). The fourth-order valence-electron chi connectivity index (χ4n) is 3.53. The summed E-state index contributed by atoms with van der Waals surface area (Å²) in [5, 5.41) is 0.601. The van der Waals surface area contributed by atoms with Gasteiger partial charge < -0.3 is 4.90 Å². The third-order valence-electron chi connectivity index (χ3n) is 4.90. The van der Waals surface area contributed by atoms with Crippen LogP contribution in [0, 0.1) is 0 Å². The lowest BCUT2D eigenvalue weighted by Gasteiger charge is -2.21. The minimum Gasteiger partial charge on any atom is -0.370 e. The Balaban J connectivity index is 1.81. The van der Waals surface area contributed by atoms with Crippen molar-refractivity contribution >= 4 is 33.0 Å². The number of halogens is 4. The monoisotopic (exact) mass is 452 g/mol. The molecule has 0 aromatic heterocycles. The molecule has 30 heavy (non-hydrogen) atoms. The number of sulfonamides is 1. The number of benzene rings is 3. The van der Waals surface area contributed by atoms with E-state index >= 15 is 0 Å². The summed E-state index contributed by atoms with van der Waals surface area (Å²) in [7, 11) is -2.51. The van der Waals surface area contributed by atoms with Crippen molar-refractivity contribution in [2.45, 2.75) is 17.6 Å². The van der Waals surface area contributed by atoms with Crippen LogP contribution in [0.3, 0.4) is 0 Å². The van der Waals surface area contributed by atoms with Crippen LogP contribution in [0.5, 0.6) is 0 Å². The summed E-state index contributed by atoms with van der Waals surface area (Å²) < 4.78 is 68.8. The lowest BCUT2D eigenvalue weighted by Crippen LogP contribution is -2.17. The summed E-state index contributed by atoms with van der Waals surface area (Å²) in [6, 6.07) is 15.5. The first-order valence-corrected chi connectivity index (χ1v) is 10.8. The maximum atomic E-state index is 13.8. The SMILES string of the molecule is CN(Cc1ccc2c(c1)-c1cccc(c1C(F)(F)F)S(=O)(=O)N2)c1ccc(Cl)cc1. The van der Waals surface area contributed by atoms with E-state index in [0.29, 0.717) is 11.6 Å². The zero-order chi connectivity index (χ0) is 21.7. The van der Waals surface area contributed by atoms with Crippen LogP contribution < -0.4 is 9.62 Å². The molecule has 0 saturated heterocycles. The van der Waals surface area contributed by atoms with Crippen LogP contribution in [-0.4, -0.2) is 15.5 Å². The number of alkyl halides is 3.